The Bertz CT molecular complexity index is 520. The molecule has 1 N–H and O–H groups in total. The van der Waals surface area contributed by atoms with Gasteiger partial charge < -0.3 is 14.6 Å². The summed E-state index contributed by atoms with van der Waals surface area (Å²) in [6.07, 6.45) is 4.27. The highest BCUT2D eigenvalue weighted by Crippen LogP contribution is 2.16. The Labute approximate surface area is 129 Å². The van der Waals surface area contributed by atoms with Gasteiger partial charge in [-0.25, -0.2) is 0 Å². The van der Waals surface area contributed by atoms with Crippen molar-refractivity contribution in [2.75, 3.05) is 6.61 Å². The molecule has 0 unspecified atom stereocenters. The first-order chi connectivity index (χ1) is 9.63. The van der Waals surface area contributed by atoms with Crippen LogP contribution in [-0.4, -0.2) is 17.2 Å². The summed E-state index contributed by atoms with van der Waals surface area (Å²) >= 11 is 3.41. The second-order valence-electron chi connectivity index (χ2n) is 5.10. The van der Waals surface area contributed by atoms with Gasteiger partial charge in [0.15, 0.2) is 0 Å². The standard InChI is InChI=1S/C16H21BrN2O/c1-13(2)18-11-14-7-8-19(12-14)9-10-20-16-5-3-15(17)4-6-16/h3-8,12-13,18H,9-11H2,1-2H3. The topological polar surface area (TPSA) is 26.2 Å². The molecule has 0 fully saturated rings. The lowest BCUT2D eigenvalue weighted by Gasteiger charge is -2.07. The van der Waals surface area contributed by atoms with Crippen LogP contribution < -0.4 is 10.1 Å². The monoisotopic (exact) mass is 336 g/mol. The van der Waals surface area contributed by atoms with Gasteiger partial charge in [-0.2, -0.15) is 0 Å². The highest BCUT2D eigenvalue weighted by Gasteiger charge is 1.99. The number of hydrogen-bond acceptors (Lipinski definition) is 2. The van der Waals surface area contributed by atoms with Crippen molar-refractivity contribution in [3.8, 4) is 5.75 Å². The van der Waals surface area contributed by atoms with E-state index >= 15 is 0 Å². The maximum absolute atomic E-state index is 5.72. The van der Waals surface area contributed by atoms with Gasteiger partial charge in [-0.3, -0.25) is 0 Å². The fourth-order valence-corrected chi connectivity index (χ4v) is 2.12. The van der Waals surface area contributed by atoms with Crippen molar-refractivity contribution in [2.45, 2.75) is 33.0 Å². The average molecular weight is 337 g/mol. The summed E-state index contributed by atoms with van der Waals surface area (Å²) in [4.78, 5) is 0. The molecule has 0 atom stereocenters. The molecule has 0 radical (unpaired) electrons. The fraction of sp³-hybridized carbons (Fsp3) is 0.375. The van der Waals surface area contributed by atoms with E-state index in [1.807, 2.05) is 24.3 Å². The molecular weight excluding hydrogens is 316 g/mol. The third-order valence-corrected chi connectivity index (χ3v) is 3.49. The van der Waals surface area contributed by atoms with E-state index < -0.39 is 0 Å². The number of nitrogens with zero attached hydrogens (tertiary/aromatic N) is 1. The van der Waals surface area contributed by atoms with Crippen LogP contribution in [-0.2, 0) is 13.1 Å². The largest absolute Gasteiger partial charge is 0.492 e. The van der Waals surface area contributed by atoms with E-state index in [0.717, 1.165) is 23.3 Å². The molecular formula is C16H21BrN2O. The third kappa shape index (κ3) is 5.02. The predicted octanol–water partition coefficient (Wildman–Crippen LogP) is 3.83. The number of nitrogens with one attached hydrogen (secondary N) is 1. The summed E-state index contributed by atoms with van der Waals surface area (Å²) in [5, 5.41) is 3.41. The van der Waals surface area contributed by atoms with Crippen LogP contribution in [0.1, 0.15) is 19.4 Å². The Morgan fingerprint density at radius 2 is 1.95 bits per heavy atom. The molecule has 0 saturated carbocycles. The number of halogens is 1. The van der Waals surface area contributed by atoms with Crippen molar-refractivity contribution >= 4 is 15.9 Å². The number of aromatic nitrogens is 1. The Hall–Kier alpha value is -1.26. The molecule has 108 valence electrons. The number of hydrogen-bond donors (Lipinski definition) is 1. The van der Waals surface area contributed by atoms with Crippen LogP contribution in [0, 0.1) is 0 Å². The van der Waals surface area contributed by atoms with E-state index in [-0.39, 0.29) is 0 Å². The van der Waals surface area contributed by atoms with Gasteiger partial charge in [-0.15, -0.1) is 0 Å². The quantitative estimate of drug-likeness (QED) is 0.831. The van der Waals surface area contributed by atoms with Gasteiger partial charge in [-0.1, -0.05) is 29.8 Å². The molecule has 4 heteroatoms. The molecule has 1 aromatic heterocycles. The second-order valence-corrected chi connectivity index (χ2v) is 6.01. The summed E-state index contributed by atoms with van der Waals surface area (Å²) < 4.78 is 8.95. The normalized spacial score (nSPS) is 11.0. The lowest BCUT2D eigenvalue weighted by atomic mass is 10.3. The van der Waals surface area contributed by atoms with E-state index in [4.69, 9.17) is 4.74 Å². The summed E-state index contributed by atoms with van der Waals surface area (Å²) in [7, 11) is 0. The van der Waals surface area contributed by atoms with Gasteiger partial charge in [0.2, 0.25) is 0 Å². The molecule has 0 aliphatic carbocycles. The summed E-state index contributed by atoms with van der Waals surface area (Å²) in [6, 6.07) is 10.6. The first kappa shape index (κ1) is 15.1. The summed E-state index contributed by atoms with van der Waals surface area (Å²) in [6.45, 7) is 6.76. The second kappa shape index (κ2) is 7.50. The van der Waals surface area contributed by atoms with E-state index in [1.54, 1.807) is 0 Å². The first-order valence-electron chi connectivity index (χ1n) is 6.90. The predicted molar refractivity (Wildman–Crippen MR) is 86.0 cm³/mol. The number of ether oxygens (including phenoxy) is 1. The van der Waals surface area contributed by atoms with Gasteiger partial charge in [-0.05, 0) is 35.9 Å². The average Bonchev–Trinajstić information content (AvgIpc) is 2.87. The SMILES string of the molecule is CC(C)NCc1ccn(CCOc2ccc(Br)cc2)c1. The minimum absolute atomic E-state index is 0.513. The maximum atomic E-state index is 5.72. The molecule has 0 aliphatic heterocycles. The van der Waals surface area contributed by atoms with Crippen molar-refractivity contribution in [1.82, 2.24) is 9.88 Å². The molecule has 2 aromatic rings. The lowest BCUT2D eigenvalue weighted by molar-refractivity contribution is 0.298. The Morgan fingerprint density at radius 1 is 1.20 bits per heavy atom. The van der Waals surface area contributed by atoms with E-state index in [0.29, 0.717) is 12.6 Å². The Morgan fingerprint density at radius 3 is 2.65 bits per heavy atom. The van der Waals surface area contributed by atoms with Crippen molar-refractivity contribution < 1.29 is 4.74 Å². The molecule has 0 amide bonds. The van der Waals surface area contributed by atoms with E-state index in [1.165, 1.54) is 5.56 Å². The van der Waals surface area contributed by atoms with Crippen LogP contribution in [0.2, 0.25) is 0 Å². The maximum Gasteiger partial charge on any atom is 0.119 e. The number of rotatable bonds is 7. The van der Waals surface area contributed by atoms with E-state index in [2.05, 4.69) is 58.1 Å². The van der Waals surface area contributed by atoms with E-state index in [9.17, 15) is 0 Å². The highest BCUT2D eigenvalue weighted by molar-refractivity contribution is 9.10. The number of benzene rings is 1. The highest BCUT2D eigenvalue weighted by atomic mass is 79.9. The molecule has 0 spiro atoms. The summed E-state index contributed by atoms with van der Waals surface area (Å²) in [5.74, 6) is 0.905. The Kier molecular flexibility index (Phi) is 5.68. The van der Waals surface area contributed by atoms with Crippen LogP contribution >= 0.6 is 15.9 Å². The fourth-order valence-electron chi connectivity index (χ4n) is 1.86. The van der Waals surface area contributed by atoms with Gasteiger partial charge in [0.05, 0.1) is 6.54 Å². The first-order valence-corrected chi connectivity index (χ1v) is 7.69. The third-order valence-electron chi connectivity index (χ3n) is 2.96. The molecule has 3 nitrogen and oxygen atoms in total. The molecule has 1 heterocycles. The van der Waals surface area contributed by atoms with Gasteiger partial charge in [0.1, 0.15) is 12.4 Å². The zero-order valence-electron chi connectivity index (χ0n) is 12.0. The van der Waals surface area contributed by atoms with Crippen LogP contribution in [0.15, 0.2) is 47.2 Å². The van der Waals surface area contributed by atoms with Gasteiger partial charge in [0.25, 0.3) is 0 Å². The zero-order chi connectivity index (χ0) is 14.4. The zero-order valence-corrected chi connectivity index (χ0v) is 13.6. The van der Waals surface area contributed by atoms with Crippen LogP contribution in [0.25, 0.3) is 0 Å². The van der Waals surface area contributed by atoms with Crippen LogP contribution in [0.4, 0.5) is 0 Å². The summed E-state index contributed by atoms with van der Waals surface area (Å²) in [5.41, 5.74) is 1.31. The van der Waals surface area contributed by atoms with Crippen molar-refractivity contribution in [1.29, 1.82) is 0 Å². The molecule has 0 aliphatic rings. The molecule has 2 rings (SSSR count). The van der Waals surface area contributed by atoms with Crippen LogP contribution in [0.3, 0.4) is 0 Å². The van der Waals surface area contributed by atoms with Gasteiger partial charge >= 0.3 is 0 Å². The molecule has 0 saturated heterocycles. The minimum Gasteiger partial charge on any atom is -0.492 e. The molecule has 1 aromatic carbocycles. The lowest BCUT2D eigenvalue weighted by Crippen LogP contribution is -2.21. The van der Waals surface area contributed by atoms with Crippen LogP contribution in [0.5, 0.6) is 5.75 Å². The van der Waals surface area contributed by atoms with Gasteiger partial charge in [0, 0.05) is 29.5 Å². The Balaban J connectivity index is 1.75. The molecule has 0 bridgehead atoms. The minimum atomic E-state index is 0.513. The van der Waals surface area contributed by atoms with Crippen molar-refractivity contribution in [3.05, 3.63) is 52.8 Å². The van der Waals surface area contributed by atoms with Crippen molar-refractivity contribution in [2.24, 2.45) is 0 Å². The van der Waals surface area contributed by atoms with Crippen molar-refractivity contribution in [3.63, 3.8) is 0 Å². The molecule has 20 heavy (non-hydrogen) atoms. The smallest absolute Gasteiger partial charge is 0.119 e.